The van der Waals surface area contributed by atoms with Crippen LogP contribution in [0.15, 0.2) is 30.3 Å². The standard InChI is InChI=1S/C28H31Cl2FN2O2/c1-17(34)23-13-24(19-4-5-19)26(14-25(23)31)35-15-18-6-8-33(9-7-18)27(28(2,3)16-32)20-10-21(29)12-22(30)11-20/h10-14,18-19,27H,4-9,15H2,1-3H3. The second-order valence-electron chi connectivity index (χ2n) is 10.4. The van der Waals surface area contributed by atoms with Gasteiger partial charge in [0, 0.05) is 16.1 Å². The Morgan fingerprint density at radius 1 is 1.14 bits per heavy atom. The monoisotopic (exact) mass is 516 g/mol. The largest absolute Gasteiger partial charge is 0.493 e. The molecule has 1 atom stereocenters. The van der Waals surface area contributed by atoms with Crippen molar-refractivity contribution in [1.29, 1.82) is 5.26 Å². The van der Waals surface area contributed by atoms with Gasteiger partial charge >= 0.3 is 0 Å². The molecule has 0 amide bonds. The summed E-state index contributed by atoms with van der Waals surface area (Å²) in [7, 11) is 0. The van der Waals surface area contributed by atoms with Crippen LogP contribution in [0, 0.1) is 28.5 Å². The first kappa shape index (κ1) is 25.9. The summed E-state index contributed by atoms with van der Waals surface area (Å²) in [5, 5.41) is 11.0. The topological polar surface area (TPSA) is 53.3 Å². The van der Waals surface area contributed by atoms with Crippen LogP contribution < -0.4 is 4.74 Å². The Bertz CT molecular complexity index is 1130. The van der Waals surface area contributed by atoms with Crippen LogP contribution in [-0.4, -0.2) is 30.4 Å². The van der Waals surface area contributed by atoms with Crippen molar-refractivity contribution in [1.82, 2.24) is 4.90 Å². The minimum atomic E-state index is -0.632. The van der Waals surface area contributed by atoms with Gasteiger partial charge in [-0.2, -0.15) is 5.26 Å². The smallest absolute Gasteiger partial charge is 0.162 e. The average molecular weight is 517 g/mol. The maximum absolute atomic E-state index is 14.5. The van der Waals surface area contributed by atoms with E-state index in [0.29, 0.717) is 34.2 Å². The van der Waals surface area contributed by atoms with E-state index in [4.69, 9.17) is 27.9 Å². The van der Waals surface area contributed by atoms with Gasteiger partial charge in [-0.1, -0.05) is 23.2 Å². The fourth-order valence-electron chi connectivity index (χ4n) is 5.14. The van der Waals surface area contributed by atoms with Crippen molar-refractivity contribution < 1.29 is 13.9 Å². The van der Waals surface area contributed by atoms with Crippen LogP contribution in [0.3, 0.4) is 0 Å². The lowest BCUT2D eigenvalue weighted by atomic mass is 9.79. The number of Topliss-reactive ketones (excluding diaryl/α,β-unsaturated/α-hetero) is 1. The lowest BCUT2D eigenvalue weighted by Gasteiger charge is -2.42. The molecule has 186 valence electrons. The maximum atomic E-state index is 14.5. The van der Waals surface area contributed by atoms with Crippen molar-refractivity contribution in [2.75, 3.05) is 19.7 Å². The van der Waals surface area contributed by atoms with Crippen LogP contribution >= 0.6 is 23.2 Å². The molecule has 1 saturated carbocycles. The lowest BCUT2D eigenvalue weighted by molar-refractivity contribution is 0.0661. The summed E-state index contributed by atoms with van der Waals surface area (Å²) in [6.07, 6.45) is 3.89. The number of hydrogen-bond donors (Lipinski definition) is 0. The fraction of sp³-hybridized carbons (Fsp3) is 0.500. The number of ketones is 1. The third-order valence-corrected chi connectivity index (χ3v) is 7.59. The zero-order valence-electron chi connectivity index (χ0n) is 20.4. The van der Waals surface area contributed by atoms with E-state index in [0.717, 1.165) is 49.9 Å². The molecule has 35 heavy (non-hydrogen) atoms. The number of benzene rings is 2. The molecule has 1 unspecified atom stereocenters. The van der Waals surface area contributed by atoms with Crippen LogP contribution in [0.1, 0.15) is 79.9 Å². The molecule has 1 aliphatic heterocycles. The number of nitriles is 1. The van der Waals surface area contributed by atoms with Crippen LogP contribution in [0.2, 0.25) is 10.0 Å². The predicted molar refractivity (Wildman–Crippen MR) is 137 cm³/mol. The minimum absolute atomic E-state index is 0.139. The van der Waals surface area contributed by atoms with E-state index in [9.17, 15) is 14.4 Å². The second-order valence-corrected chi connectivity index (χ2v) is 11.3. The number of ether oxygens (including phenoxy) is 1. The summed E-state index contributed by atoms with van der Waals surface area (Å²) >= 11 is 12.6. The molecule has 0 radical (unpaired) electrons. The molecule has 0 bridgehead atoms. The third kappa shape index (κ3) is 6.00. The van der Waals surface area contributed by atoms with Crippen molar-refractivity contribution in [3.8, 4) is 11.8 Å². The summed E-state index contributed by atoms with van der Waals surface area (Å²) in [6.45, 7) is 7.39. The zero-order valence-corrected chi connectivity index (χ0v) is 21.9. The molecule has 0 N–H and O–H groups in total. The highest BCUT2D eigenvalue weighted by Crippen LogP contribution is 2.46. The highest BCUT2D eigenvalue weighted by molar-refractivity contribution is 6.34. The summed E-state index contributed by atoms with van der Waals surface area (Å²) in [4.78, 5) is 14.1. The Kier molecular flexibility index (Phi) is 7.76. The Balaban J connectivity index is 1.44. The summed E-state index contributed by atoms with van der Waals surface area (Å²) in [5.41, 5.74) is 1.40. The number of carbonyl (C=O) groups is 1. The van der Waals surface area contributed by atoms with Crippen molar-refractivity contribution in [2.45, 2.75) is 58.4 Å². The molecule has 0 spiro atoms. The quantitative estimate of drug-likeness (QED) is 0.339. The molecule has 7 heteroatoms. The van der Waals surface area contributed by atoms with Crippen molar-refractivity contribution in [3.63, 3.8) is 0 Å². The Hall–Kier alpha value is -2.13. The van der Waals surface area contributed by atoms with Gasteiger partial charge in [0.1, 0.15) is 11.6 Å². The average Bonchev–Trinajstić information content (AvgIpc) is 3.63. The molecule has 2 aromatic carbocycles. The van der Waals surface area contributed by atoms with Gasteiger partial charge in [-0.3, -0.25) is 9.69 Å². The van der Waals surface area contributed by atoms with E-state index in [-0.39, 0.29) is 17.4 Å². The molecule has 0 aromatic heterocycles. The van der Waals surface area contributed by atoms with Crippen LogP contribution in [0.25, 0.3) is 0 Å². The molecular weight excluding hydrogens is 486 g/mol. The van der Waals surface area contributed by atoms with Crippen molar-refractivity contribution >= 4 is 29.0 Å². The Labute approximate surface area is 217 Å². The highest BCUT2D eigenvalue weighted by Gasteiger charge is 2.38. The zero-order chi connectivity index (χ0) is 25.3. The minimum Gasteiger partial charge on any atom is -0.493 e. The third-order valence-electron chi connectivity index (χ3n) is 7.16. The van der Waals surface area contributed by atoms with E-state index >= 15 is 0 Å². The van der Waals surface area contributed by atoms with Gasteiger partial charge in [0.15, 0.2) is 5.78 Å². The first-order chi connectivity index (χ1) is 16.6. The normalized spacial score (nSPS) is 18.2. The van der Waals surface area contributed by atoms with Crippen molar-refractivity contribution in [3.05, 3.63) is 62.9 Å². The number of halogens is 3. The van der Waals surface area contributed by atoms with E-state index in [1.807, 2.05) is 26.0 Å². The number of likely N-dealkylation sites (tertiary alicyclic amines) is 1. The number of rotatable bonds is 8. The molecule has 1 heterocycles. The fourth-order valence-corrected chi connectivity index (χ4v) is 5.69. The first-order valence-electron chi connectivity index (χ1n) is 12.2. The van der Waals surface area contributed by atoms with Gasteiger partial charge in [-0.05, 0) is 107 Å². The highest BCUT2D eigenvalue weighted by atomic mass is 35.5. The lowest BCUT2D eigenvalue weighted by Crippen LogP contribution is -2.43. The molecule has 4 nitrogen and oxygen atoms in total. The van der Waals surface area contributed by atoms with E-state index < -0.39 is 11.2 Å². The van der Waals surface area contributed by atoms with E-state index in [1.54, 1.807) is 12.1 Å². The number of carbonyl (C=O) groups excluding carboxylic acids is 1. The van der Waals surface area contributed by atoms with E-state index in [2.05, 4.69) is 11.0 Å². The molecular formula is C28H31Cl2FN2O2. The van der Waals surface area contributed by atoms with Crippen molar-refractivity contribution in [2.24, 2.45) is 11.3 Å². The SMILES string of the molecule is CC(=O)c1cc(C2CC2)c(OCC2CCN(C(c3cc(Cl)cc(Cl)c3)C(C)(C)C#N)CC2)cc1F. The van der Waals surface area contributed by atoms with Gasteiger partial charge in [0.2, 0.25) is 0 Å². The number of piperidine rings is 1. The molecule has 1 aliphatic carbocycles. The van der Waals surface area contributed by atoms with Gasteiger partial charge in [-0.25, -0.2) is 4.39 Å². The summed E-state index contributed by atoms with van der Waals surface area (Å²) in [6, 6.07) is 10.9. The Morgan fingerprint density at radius 2 is 1.77 bits per heavy atom. The number of hydrogen-bond acceptors (Lipinski definition) is 4. The summed E-state index contributed by atoms with van der Waals surface area (Å²) in [5.74, 6) is 0.453. The van der Waals surface area contributed by atoms with Gasteiger partial charge in [0.25, 0.3) is 0 Å². The summed E-state index contributed by atoms with van der Waals surface area (Å²) < 4.78 is 20.6. The molecule has 1 saturated heterocycles. The van der Waals surface area contributed by atoms with Gasteiger partial charge < -0.3 is 4.74 Å². The molecule has 2 fully saturated rings. The van der Waals surface area contributed by atoms with Crippen LogP contribution in [0.4, 0.5) is 4.39 Å². The van der Waals surface area contributed by atoms with Crippen LogP contribution in [-0.2, 0) is 0 Å². The second kappa shape index (κ2) is 10.5. The molecule has 2 aliphatic rings. The van der Waals surface area contributed by atoms with Crippen LogP contribution in [0.5, 0.6) is 5.75 Å². The maximum Gasteiger partial charge on any atom is 0.162 e. The Morgan fingerprint density at radius 3 is 2.31 bits per heavy atom. The van der Waals surface area contributed by atoms with Gasteiger partial charge in [0.05, 0.1) is 29.7 Å². The predicted octanol–water partition coefficient (Wildman–Crippen LogP) is 7.59. The number of nitrogens with zero attached hydrogens (tertiary/aromatic N) is 2. The van der Waals surface area contributed by atoms with Gasteiger partial charge in [-0.15, -0.1) is 0 Å². The van der Waals surface area contributed by atoms with E-state index in [1.165, 1.54) is 13.0 Å². The first-order valence-corrected chi connectivity index (χ1v) is 12.9. The molecule has 2 aromatic rings. The molecule has 4 rings (SSSR count).